The van der Waals surface area contributed by atoms with Crippen LogP contribution in [0.1, 0.15) is 38.3 Å². The van der Waals surface area contributed by atoms with Crippen LogP contribution >= 0.6 is 15.9 Å². The van der Waals surface area contributed by atoms with Gasteiger partial charge in [-0.1, -0.05) is 41.9 Å². The molecular weight excluding hydrogens is 312 g/mol. The second-order valence-corrected chi connectivity index (χ2v) is 7.30. The molecule has 1 aliphatic rings. The van der Waals surface area contributed by atoms with Gasteiger partial charge in [0, 0.05) is 30.1 Å². The largest absolute Gasteiger partial charge is 0.316 e. The Morgan fingerprint density at radius 3 is 2.70 bits per heavy atom. The summed E-state index contributed by atoms with van der Waals surface area (Å²) < 4.78 is 1.24. The molecule has 1 aromatic rings. The van der Waals surface area contributed by atoms with E-state index < -0.39 is 0 Å². The van der Waals surface area contributed by atoms with Crippen molar-refractivity contribution in [3.8, 4) is 0 Å². The molecule has 20 heavy (non-hydrogen) atoms. The third-order valence-electron chi connectivity index (χ3n) is 4.59. The minimum atomic E-state index is 0.676. The maximum Gasteiger partial charge on any atom is 0.0247 e. The zero-order valence-corrected chi connectivity index (χ0v) is 14.7. The van der Waals surface area contributed by atoms with Crippen molar-refractivity contribution in [3.63, 3.8) is 0 Å². The molecule has 2 rings (SSSR count). The SMILES string of the molecule is CNCc1ccc(CN2CC(C)CC(C)C2C)c(Br)c1. The average Bonchev–Trinajstić information content (AvgIpc) is 2.38. The average molecular weight is 339 g/mol. The highest BCUT2D eigenvalue weighted by Gasteiger charge is 2.28. The van der Waals surface area contributed by atoms with Gasteiger partial charge >= 0.3 is 0 Å². The molecule has 0 saturated carbocycles. The van der Waals surface area contributed by atoms with E-state index in [1.54, 1.807) is 0 Å². The monoisotopic (exact) mass is 338 g/mol. The molecule has 112 valence electrons. The van der Waals surface area contributed by atoms with Crippen molar-refractivity contribution in [1.29, 1.82) is 0 Å². The fourth-order valence-electron chi connectivity index (χ4n) is 3.29. The maximum absolute atomic E-state index is 3.74. The van der Waals surface area contributed by atoms with Gasteiger partial charge in [-0.25, -0.2) is 0 Å². The van der Waals surface area contributed by atoms with Gasteiger partial charge in [-0.15, -0.1) is 0 Å². The van der Waals surface area contributed by atoms with Gasteiger partial charge in [0.15, 0.2) is 0 Å². The van der Waals surface area contributed by atoms with E-state index in [0.29, 0.717) is 6.04 Å². The van der Waals surface area contributed by atoms with Gasteiger partial charge in [0.05, 0.1) is 0 Å². The van der Waals surface area contributed by atoms with Gasteiger partial charge in [-0.3, -0.25) is 4.90 Å². The van der Waals surface area contributed by atoms with Crippen LogP contribution in [0.25, 0.3) is 0 Å². The molecule has 1 saturated heterocycles. The van der Waals surface area contributed by atoms with Gasteiger partial charge in [0.2, 0.25) is 0 Å². The fourth-order valence-corrected chi connectivity index (χ4v) is 3.84. The third kappa shape index (κ3) is 3.84. The standard InChI is InChI=1S/C17H27BrN2/c1-12-7-13(2)14(3)20(10-12)11-16-6-5-15(9-19-4)8-17(16)18/h5-6,8,12-14,19H,7,9-11H2,1-4H3. The van der Waals surface area contributed by atoms with Crippen LogP contribution in [-0.2, 0) is 13.1 Å². The number of nitrogens with one attached hydrogen (secondary N) is 1. The number of rotatable bonds is 4. The highest BCUT2D eigenvalue weighted by molar-refractivity contribution is 9.10. The molecule has 0 radical (unpaired) electrons. The zero-order valence-electron chi connectivity index (χ0n) is 13.1. The second-order valence-electron chi connectivity index (χ2n) is 6.44. The molecule has 1 fully saturated rings. The molecule has 1 heterocycles. The lowest BCUT2D eigenvalue weighted by atomic mass is 9.86. The first-order chi connectivity index (χ1) is 9.51. The Morgan fingerprint density at radius 1 is 1.30 bits per heavy atom. The van der Waals surface area contributed by atoms with Crippen LogP contribution in [0.15, 0.2) is 22.7 Å². The van der Waals surface area contributed by atoms with Crippen LogP contribution in [0.2, 0.25) is 0 Å². The molecule has 3 heteroatoms. The minimum absolute atomic E-state index is 0.676. The number of benzene rings is 1. The summed E-state index contributed by atoms with van der Waals surface area (Å²) in [7, 11) is 1.99. The topological polar surface area (TPSA) is 15.3 Å². The Morgan fingerprint density at radius 2 is 2.05 bits per heavy atom. The van der Waals surface area contributed by atoms with E-state index in [0.717, 1.165) is 24.9 Å². The van der Waals surface area contributed by atoms with E-state index in [2.05, 4.69) is 65.1 Å². The minimum Gasteiger partial charge on any atom is -0.316 e. The Hall–Kier alpha value is -0.380. The van der Waals surface area contributed by atoms with Gasteiger partial charge in [-0.05, 0) is 49.4 Å². The van der Waals surface area contributed by atoms with Gasteiger partial charge < -0.3 is 5.32 Å². The number of hydrogen-bond donors (Lipinski definition) is 1. The molecule has 0 bridgehead atoms. The van der Waals surface area contributed by atoms with Crippen LogP contribution in [0.4, 0.5) is 0 Å². The summed E-state index contributed by atoms with van der Waals surface area (Å²) in [5.74, 6) is 1.60. The van der Waals surface area contributed by atoms with E-state index in [-0.39, 0.29) is 0 Å². The fraction of sp³-hybridized carbons (Fsp3) is 0.647. The van der Waals surface area contributed by atoms with Crippen molar-refractivity contribution in [2.75, 3.05) is 13.6 Å². The Labute approximate surface area is 132 Å². The summed E-state index contributed by atoms with van der Waals surface area (Å²) in [6.45, 7) is 10.3. The summed E-state index contributed by atoms with van der Waals surface area (Å²) in [5, 5.41) is 3.20. The summed E-state index contributed by atoms with van der Waals surface area (Å²) in [6, 6.07) is 7.42. The first-order valence-electron chi connectivity index (χ1n) is 7.67. The number of nitrogens with zero attached hydrogens (tertiary/aromatic N) is 1. The van der Waals surface area contributed by atoms with Crippen molar-refractivity contribution in [3.05, 3.63) is 33.8 Å². The first-order valence-corrected chi connectivity index (χ1v) is 8.46. The second kappa shape index (κ2) is 7.06. The molecule has 0 aromatic heterocycles. The predicted molar refractivity (Wildman–Crippen MR) is 89.7 cm³/mol. The molecule has 2 nitrogen and oxygen atoms in total. The van der Waals surface area contributed by atoms with Crippen molar-refractivity contribution < 1.29 is 0 Å². The molecule has 1 N–H and O–H groups in total. The van der Waals surface area contributed by atoms with E-state index >= 15 is 0 Å². The lowest BCUT2D eigenvalue weighted by Gasteiger charge is -2.41. The summed E-state index contributed by atoms with van der Waals surface area (Å²) in [6.07, 6.45) is 1.36. The Balaban J connectivity index is 2.09. The third-order valence-corrected chi connectivity index (χ3v) is 5.33. The molecule has 0 amide bonds. The first kappa shape index (κ1) is 16.0. The van der Waals surface area contributed by atoms with Crippen LogP contribution in [-0.4, -0.2) is 24.5 Å². The number of halogens is 1. The quantitative estimate of drug-likeness (QED) is 0.891. The summed E-state index contributed by atoms with van der Waals surface area (Å²) in [5.41, 5.74) is 2.73. The lowest BCUT2D eigenvalue weighted by Crippen LogP contribution is -2.45. The molecule has 1 aliphatic heterocycles. The van der Waals surface area contributed by atoms with Gasteiger partial charge in [-0.2, -0.15) is 0 Å². The van der Waals surface area contributed by atoms with E-state index in [4.69, 9.17) is 0 Å². The van der Waals surface area contributed by atoms with Gasteiger partial charge in [0.1, 0.15) is 0 Å². The van der Waals surface area contributed by atoms with E-state index in [1.165, 1.54) is 28.6 Å². The summed E-state index contributed by atoms with van der Waals surface area (Å²) >= 11 is 3.74. The Kier molecular flexibility index (Phi) is 5.65. The molecular formula is C17H27BrN2. The van der Waals surface area contributed by atoms with Crippen LogP contribution in [0.3, 0.4) is 0 Å². The van der Waals surface area contributed by atoms with Crippen molar-refractivity contribution in [2.24, 2.45) is 11.8 Å². The Bertz CT molecular complexity index is 447. The summed E-state index contributed by atoms with van der Waals surface area (Å²) in [4.78, 5) is 2.64. The van der Waals surface area contributed by atoms with E-state index in [1.807, 2.05) is 7.05 Å². The molecule has 3 atom stereocenters. The van der Waals surface area contributed by atoms with Crippen molar-refractivity contribution in [2.45, 2.75) is 46.3 Å². The molecule has 0 aliphatic carbocycles. The predicted octanol–water partition coefficient (Wildman–Crippen LogP) is 4.03. The van der Waals surface area contributed by atoms with Gasteiger partial charge in [0.25, 0.3) is 0 Å². The molecule has 0 spiro atoms. The lowest BCUT2D eigenvalue weighted by molar-refractivity contribution is 0.0728. The van der Waals surface area contributed by atoms with Crippen LogP contribution in [0.5, 0.6) is 0 Å². The number of likely N-dealkylation sites (tertiary alicyclic amines) is 1. The van der Waals surface area contributed by atoms with Crippen LogP contribution < -0.4 is 5.32 Å². The van der Waals surface area contributed by atoms with Crippen molar-refractivity contribution >= 4 is 15.9 Å². The zero-order chi connectivity index (χ0) is 14.7. The van der Waals surface area contributed by atoms with Crippen molar-refractivity contribution in [1.82, 2.24) is 10.2 Å². The number of hydrogen-bond acceptors (Lipinski definition) is 2. The van der Waals surface area contributed by atoms with Crippen LogP contribution in [0, 0.1) is 11.8 Å². The smallest absolute Gasteiger partial charge is 0.0247 e. The molecule has 1 aromatic carbocycles. The van der Waals surface area contributed by atoms with E-state index in [9.17, 15) is 0 Å². The highest BCUT2D eigenvalue weighted by Crippen LogP contribution is 2.29. The maximum atomic E-state index is 3.74. The molecule has 3 unspecified atom stereocenters. The normalized spacial score (nSPS) is 27.8. The number of piperidine rings is 1. The highest BCUT2D eigenvalue weighted by atomic mass is 79.9.